The van der Waals surface area contributed by atoms with E-state index in [1.165, 1.54) is 11.8 Å². The molecule has 0 unspecified atom stereocenters. The molecular weight excluding hydrogens is 447 g/mol. The van der Waals surface area contributed by atoms with E-state index in [2.05, 4.69) is 20.5 Å². The van der Waals surface area contributed by atoms with E-state index in [4.69, 9.17) is 27.9 Å². The Bertz CT molecular complexity index is 1050. The summed E-state index contributed by atoms with van der Waals surface area (Å²) in [4.78, 5) is 28.4. The number of hydrogen-bond donors (Lipinski definition) is 2. The van der Waals surface area contributed by atoms with Gasteiger partial charge in [0.25, 0.3) is 0 Å². The number of aromatic amines is 1. The first kappa shape index (κ1) is 22.1. The number of aromatic nitrogens is 3. The fourth-order valence-electron chi connectivity index (χ4n) is 2.41. The minimum Gasteiger partial charge on any atom is -0.459 e. The van der Waals surface area contributed by atoms with Crippen LogP contribution in [0, 0.1) is 0 Å². The van der Waals surface area contributed by atoms with Crippen LogP contribution in [-0.4, -0.2) is 38.9 Å². The Kier molecular flexibility index (Phi) is 7.36. The number of carbonyl (C=O) groups is 2. The zero-order chi connectivity index (χ0) is 21.7. The van der Waals surface area contributed by atoms with Gasteiger partial charge < -0.3 is 10.1 Å². The van der Waals surface area contributed by atoms with Crippen molar-refractivity contribution in [2.24, 2.45) is 0 Å². The van der Waals surface area contributed by atoms with Crippen LogP contribution in [0.25, 0.3) is 11.4 Å². The van der Waals surface area contributed by atoms with Crippen molar-refractivity contribution < 1.29 is 14.3 Å². The Morgan fingerprint density at radius 3 is 2.57 bits per heavy atom. The maximum absolute atomic E-state index is 12.2. The molecule has 2 aromatic carbocycles. The van der Waals surface area contributed by atoms with Crippen molar-refractivity contribution in [3.63, 3.8) is 0 Å². The van der Waals surface area contributed by atoms with Crippen LogP contribution in [0.15, 0.2) is 47.6 Å². The molecule has 0 aliphatic heterocycles. The highest BCUT2D eigenvalue weighted by Gasteiger charge is 2.13. The van der Waals surface area contributed by atoms with Gasteiger partial charge in [-0.15, -0.1) is 5.10 Å². The Morgan fingerprint density at radius 2 is 1.90 bits per heavy atom. The van der Waals surface area contributed by atoms with Crippen molar-refractivity contribution in [1.29, 1.82) is 0 Å². The zero-order valence-electron chi connectivity index (χ0n) is 16.1. The fraction of sp³-hybridized carbons (Fsp3) is 0.200. The minimum absolute atomic E-state index is 0.114. The van der Waals surface area contributed by atoms with Crippen molar-refractivity contribution in [2.45, 2.75) is 25.1 Å². The SMILES string of the molecule is CC(C)OC(=O)c1ccc(NC(=O)CSc2n[nH]c(-c3ccc(Cl)cc3Cl)n2)cc1. The highest BCUT2D eigenvalue weighted by molar-refractivity contribution is 7.99. The molecule has 0 atom stereocenters. The quantitative estimate of drug-likeness (QED) is 0.373. The van der Waals surface area contributed by atoms with Gasteiger partial charge in [-0.1, -0.05) is 35.0 Å². The molecule has 0 aliphatic rings. The zero-order valence-corrected chi connectivity index (χ0v) is 18.4. The number of anilines is 1. The monoisotopic (exact) mass is 464 g/mol. The number of carbonyl (C=O) groups excluding carboxylic acids is 2. The Morgan fingerprint density at radius 1 is 1.17 bits per heavy atom. The van der Waals surface area contributed by atoms with E-state index < -0.39 is 5.97 Å². The summed E-state index contributed by atoms with van der Waals surface area (Å²) in [5.41, 5.74) is 1.66. The van der Waals surface area contributed by atoms with E-state index in [0.717, 1.165) is 0 Å². The van der Waals surface area contributed by atoms with Gasteiger partial charge in [0.1, 0.15) is 0 Å². The summed E-state index contributed by atoms with van der Waals surface area (Å²) in [5.74, 6) is -0.0283. The highest BCUT2D eigenvalue weighted by atomic mass is 35.5. The van der Waals surface area contributed by atoms with Gasteiger partial charge in [0.2, 0.25) is 11.1 Å². The van der Waals surface area contributed by atoms with Gasteiger partial charge in [0.15, 0.2) is 5.82 Å². The molecule has 10 heteroatoms. The number of ether oxygens (including phenoxy) is 1. The predicted octanol–water partition coefficient (Wildman–Crippen LogP) is 5.07. The maximum Gasteiger partial charge on any atom is 0.338 e. The molecule has 0 radical (unpaired) electrons. The van der Waals surface area contributed by atoms with Crippen LogP contribution < -0.4 is 5.32 Å². The van der Waals surface area contributed by atoms with E-state index in [1.54, 1.807) is 56.3 Å². The molecule has 1 heterocycles. The summed E-state index contributed by atoms with van der Waals surface area (Å²) in [6, 6.07) is 11.6. The molecule has 1 amide bonds. The molecule has 0 saturated carbocycles. The normalized spacial score (nSPS) is 10.8. The van der Waals surface area contributed by atoms with Crippen LogP contribution in [-0.2, 0) is 9.53 Å². The van der Waals surface area contributed by atoms with E-state index in [-0.39, 0.29) is 17.8 Å². The van der Waals surface area contributed by atoms with E-state index >= 15 is 0 Å². The molecule has 156 valence electrons. The van der Waals surface area contributed by atoms with Crippen LogP contribution in [0.4, 0.5) is 5.69 Å². The lowest BCUT2D eigenvalue weighted by atomic mass is 10.2. The van der Waals surface area contributed by atoms with Gasteiger partial charge in [0.05, 0.1) is 22.4 Å². The summed E-state index contributed by atoms with van der Waals surface area (Å²) < 4.78 is 5.13. The number of halogens is 2. The number of nitrogens with zero attached hydrogens (tertiary/aromatic N) is 2. The number of H-pyrrole nitrogens is 1. The van der Waals surface area contributed by atoms with E-state index in [1.807, 2.05) is 0 Å². The fourth-order valence-corrected chi connectivity index (χ4v) is 3.51. The van der Waals surface area contributed by atoms with E-state index in [0.29, 0.717) is 37.8 Å². The molecule has 0 bridgehead atoms. The van der Waals surface area contributed by atoms with Crippen LogP contribution in [0.2, 0.25) is 10.0 Å². The summed E-state index contributed by atoms with van der Waals surface area (Å²) in [5, 5.41) is 11.0. The van der Waals surface area contributed by atoms with Crippen LogP contribution in [0.1, 0.15) is 24.2 Å². The van der Waals surface area contributed by atoms with Crippen molar-refractivity contribution >= 4 is 52.5 Å². The van der Waals surface area contributed by atoms with Crippen LogP contribution in [0.3, 0.4) is 0 Å². The predicted molar refractivity (Wildman–Crippen MR) is 118 cm³/mol. The number of amides is 1. The number of benzene rings is 2. The second kappa shape index (κ2) is 9.97. The lowest BCUT2D eigenvalue weighted by molar-refractivity contribution is -0.113. The summed E-state index contributed by atoms with van der Waals surface area (Å²) in [6.07, 6.45) is -0.194. The smallest absolute Gasteiger partial charge is 0.338 e. The number of rotatable bonds is 7. The van der Waals surface area contributed by atoms with Gasteiger partial charge >= 0.3 is 5.97 Å². The number of thioether (sulfide) groups is 1. The molecule has 0 aliphatic carbocycles. The van der Waals surface area contributed by atoms with Crippen molar-refractivity contribution in [1.82, 2.24) is 15.2 Å². The first-order chi connectivity index (χ1) is 14.3. The van der Waals surface area contributed by atoms with Crippen molar-refractivity contribution in [2.75, 3.05) is 11.1 Å². The molecular formula is C20H18Cl2N4O3S. The summed E-state index contributed by atoms with van der Waals surface area (Å²) in [7, 11) is 0. The number of hydrogen-bond acceptors (Lipinski definition) is 6. The molecule has 0 saturated heterocycles. The molecule has 7 nitrogen and oxygen atoms in total. The molecule has 1 aromatic heterocycles. The number of esters is 1. The van der Waals surface area contributed by atoms with Crippen LogP contribution in [0.5, 0.6) is 0 Å². The third-order valence-corrected chi connectivity index (χ3v) is 5.13. The largest absolute Gasteiger partial charge is 0.459 e. The second-order valence-electron chi connectivity index (χ2n) is 6.46. The van der Waals surface area contributed by atoms with Gasteiger partial charge in [-0.2, -0.15) is 0 Å². The third-order valence-electron chi connectivity index (χ3n) is 3.73. The standard InChI is InChI=1S/C20H18Cl2N4O3S/c1-11(2)29-19(28)12-3-6-14(7-4-12)23-17(27)10-30-20-24-18(25-26-20)15-8-5-13(21)9-16(15)22/h3-9,11H,10H2,1-2H3,(H,23,27)(H,24,25,26). The average Bonchev–Trinajstić information content (AvgIpc) is 3.15. The Labute approximate surface area is 187 Å². The van der Waals surface area contributed by atoms with Crippen molar-refractivity contribution in [3.05, 3.63) is 58.1 Å². The molecule has 30 heavy (non-hydrogen) atoms. The molecule has 3 rings (SSSR count). The first-order valence-corrected chi connectivity index (χ1v) is 10.7. The lowest BCUT2D eigenvalue weighted by Gasteiger charge is -2.08. The molecule has 2 N–H and O–H groups in total. The number of nitrogens with one attached hydrogen (secondary N) is 2. The Hall–Kier alpha value is -2.55. The maximum atomic E-state index is 12.2. The topological polar surface area (TPSA) is 97.0 Å². The molecule has 0 spiro atoms. The van der Waals surface area contributed by atoms with Gasteiger partial charge in [-0.3, -0.25) is 9.89 Å². The first-order valence-electron chi connectivity index (χ1n) is 8.93. The summed E-state index contributed by atoms with van der Waals surface area (Å²) >= 11 is 13.3. The minimum atomic E-state index is -0.403. The average molecular weight is 465 g/mol. The highest BCUT2D eigenvalue weighted by Crippen LogP contribution is 2.29. The van der Waals surface area contributed by atoms with Gasteiger partial charge in [-0.25, -0.2) is 9.78 Å². The van der Waals surface area contributed by atoms with Crippen molar-refractivity contribution in [3.8, 4) is 11.4 Å². The third kappa shape index (κ3) is 5.98. The van der Waals surface area contributed by atoms with Gasteiger partial charge in [-0.05, 0) is 56.3 Å². The van der Waals surface area contributed by atoms with E-state index in [9.17, 15) is 9.59 Å². The second-order valence-corrected chi connectivity index (χ2v) is 8.25. The molecule has 0 fully saturated rings. The molecule has 3 aromatic rings. The van der Waals surface area contributed by atoms with Crippen LogP contribution >= 0.6 is 35.0 Å². The Balaban J connectivity index is 1.54. The lowest BCUT2D eigenvalue weighted by Crippen LogP contribution is -2.15. The van der Waals surface area contributed by atoms with Gasteiger partial charge in [0, 0.05) is 16.3 Å². The summed E-state index contributed by atoms with van der Waals surface area (Å²) in [6.45, 7) is 3.57.